The molecule has 154 valence electrons. The van der Waals surface area contributed by atoms with Crippen molar-refractivity contribution in [1.82, 2.24) is 15.4 Å². The second-order valence-corrected chi connectivity index (χ2v) is 7.80. The molecule has 1 aliphatic rings. The lowest BCUT2D eigenvalue weighted by molar-refractivity contribution is 0.0621. The summed E-state index contributed by atoms with van der Waals surface area (Å²) in [6, 6.07) is 13.6. The molecule has 0 aliphatic carbocycles. The first-order chi connectivity index (χ1) is 14.5. The molecule has 1 atom stereocenters. The van der Waals surface area contributed by atoms with Gasteiger partial charge in [0.15, 0.2) is 17.3 Å². The molecule has 1 N–H and O–H groups in total. The molecule has 0 unspecified atom stereocenters. The Kier molecular flexibility index (Phi) is 5.97. The van der Waals surface area contributed by atoms with Gasteiger partial charge < -0.3 is 4.74 Å². The van der Waals surface area contributed by atoms with E-state index in [1.165, 1.54) is 16.7 Å². The quantitative estimate of drug-likeness (QED) is 0.643. The fourth-order valence-corrected chi connectivity index (χ4v) is 3.54. The Balaban J connectivity index is 1.62. The molecule has 0 radical (unpaired) electrons. The van der Waals surface area contributed by atoms with Gasteiger partial charge in [0.1, 0.15) is 11.6 Å². The smallest absolute Gasteiger partial charge is 0.175 e. The molecule has 1 aliphatic heterocycles. The molecule has 4 rings (SSSR count). The highest BCUT2D eigenvalue weighted by Crippen LogP contribution is 2.27. The van der Waals surface area contributed by atoms with Gasteiger partial charge in [0.25, 0.3) is 0 Å². The highest BCUT2D eigenvalue weighted by molar-refractivity contribution is 6.30. The number of hydrogen-bond acceptors (Lipinski definition) is 6. The van der Waals surface area contributed by atoms with Crippen LogP contribution in [0, 0.1) is 20.8 Å². The molecule has 1 aromatic heterocycles. The zero-order valence-corrected chi connectivity index (χ0v) is 17.9. The molecule has 0 saturated carbocycles. The summed E-state index contributed by atoms with van der Waals surface area (Å²) in [5, 5.41) is 0.590. The molecule has 0 bridgehead atoms. The van der Waals surface area contributed by atoms with Crippen molar-refractivity contribution < 1.29 is 9.57 Å². The first kappa shape index (κ1) is 20.3. The minimum atomic E-state index is -0.0306. The molecule has 0 amide bonds. The number of hydrogen-bond donors (Lipinski definition) is 1. The number of aromatic nitrogens is 2. The summed E-state index contributed by atoms with van der Waals surface area (Å²) < 4.78 is 6.00. The zero-order chi connectivity index (χ0) is 21.1. The highest BCUT2D eigenvalue weighted by Gasteiger charge is 2.22. The van der Waals surface area contributed by atoms with Crippen LogP contribution in [0.1, 0.15) is 28.2 Å². The van der Waals surface area contributed by atoms with E-state index >= 15 is 0 Å². The summed E-state index contributed by atoms with van der Waals surface area (Å²) >= 11 is 6.08. The largest absolute Gasteiger partial charge is 0.453 e. The van der Waals surface area contributed by atoms with Crippen LogP contribution in [0.15, 0.2) is 53.7 Å². The van der Waals surface area contributed by atoms with Gasteiger partial charge in [-0.15, -0.1) is 0 Å². The molecule has 3 aromatic rings. The van der Waals surface area contributed by atoms with Crippen molar-refractivity contribution in [2.45, 2.75) is 33.2 Å². The summed E-state index contributed by atoms with van der Waals surface area (Å²) in [5.74, 6) is 2.22. The molecule has 0 saturated heterocycles. The number of benzene rings is 2. The normalized spacial score (nSPS) is 16.0. The second-order valence-electron chi connectivity index (χ2n) is 7.37. The number of amidine groups is 1. The lowest BCUT2D eigenvalue weighted by atomic mass is 9.99. The molecule has 30 heavy (non-hydrogen) atoms. The number of hydroxylamine groups is 1. The van der Waals surface area contributed by atoms with Crippen LogP contribution in [-0.4, -0.2) is 28.5 Å². The maximum atomic E-state index is 6.08. The van der Waals surface area contributed by atoms with E-state index in [1.54, 1.807) is 18.3 Å². The Morgan fingerprint density at radius 3 is 2.83 bits per heavy atom. The SMILES string of the molecule is Cc1ccc(C[C@@H]2CONC(c3nc(C)ncc3Oc3cccc(Cl)c3)=N2)c(C)c1. The number of nitrogens with zero attached hydrogens (tertiary/aromatic N) is 3. The van der Waals surface area contributed by atoms with Crippen molar-refractivity contribution in [2.75, 3.05) is 6.61 Å². The third-order valence-electron chi connectivity index (χ3n) is 4.83. The van der Waals surface area contributed by atoms with Gasteiger partial charge in [0, 0.05) is 5.02 Å². The van der Waals surface area contributed by atoms with Gasteiger partial charge >= 0.3 is 0 Å². The molecule has 2 heterocycles. The summed E-state index contributed by atoms with van der Waals surface area (Å²) in [5.41, 5.74) is 7.21. The van der Waals surface area contributed by atoms with Gasteiger partial charge in [-0.1, -0.05) is 41.4 Å². The van der Waals surface area contributed by atoms with E-state index in [1.807, 2.05) is 19.1 Å². The summed E-state index contributed by atoms with van der Waals surface area (Å²) in [6.07, 6.45) is 2.42. The van der Waals surface area contributed by atoms with Crippen molar-refractivity contribution in [3.8, 4) is 11.5 Å². The van der Waals surface area contributed by atoms with Gasteiger partial charge in [-0.3, -0.25) is 9.83 Å². The van der Waals surface area contributed by atoms with E-state index in [2.05, 4.69) is 47.5 Å². The lowest BCUT2D eigenvalue weighted by Gasteiger charge is -2.23. The molecular weight excluding hydrogens is 400 g/mol. The molecule has 2 aromatic carbocycles. The monoisotopic (exact) mass is 422 g/mol. The highest BCUT2D eigenvalue weighted by atomic mass is 35.5. The fourth-order valence-electron chi connectivity index (χ4n) is 3.36. The maximum absolute atomic E-state index is 6.08. The Morgan fingerprint density at radius 2 is 2.03 bits per heavy atom. The van der Waals surface area contributed by atoms with Crippen LogP contribution in [0.2, 0.25) is 5.02 Å². The summed E-state index contributed by atoms with van der Waals surface area (Å²) in [6.45, 7) is 6.52. The van der Waals surface area contributed by atoms with Gasteiger partial charge in [-0.2, -0.15) is 0 Å². The third-order valence-corrected chi connectivity index (χ3v) is 5.07. The van der Waals surface area contributed by atoms with Crippen LogP contribution in [-0.2, 0) is 11.3 Å². The average Bonchev–Trinajstić information content (AvgIpc) is 2.72. The van der Waals surface area contributed by atoms with E-state index in [0.717, 1.165) is 6.42 Å². The number of aryl methyl sites for hydroxylation is 3. The Labute approximate surface area is 180 Å². The van der Waals surface area contributed by atoms with Crippen LogP contribution in [0.4, 0.5) is 0 Å². The van der Waals surface area contributed by atoms with Gasteiger partial charge in [0.2, 0.25) is 0 Å². The van der Waals surface area contributed by atoms with Gasteiger partial charge in [0.05, 0.1) is 18.8 Å². The minimum absolute atomic E-state index is 0.0306. The first-order valence-corrected chi connectivity index (χ1v) is 10.1. The van der Waals surface area contributed by atoms with Crippen molar-refractivity contribution in [3.05, 3.63) is 81.9 Å². The van der Waals surface area contributed by atoms with Crippen molar-refractivity contribution >= 4 is 17.4 Å². The van der Waals surface area contributed by atoms with Crippen molar-refractivity contribution in [2.24, 2.45) is 4.99 Å². The predicted octanol–water partition coefficient (Wildman–Crippen LogP) is 4.74. The summed E-state index contributed by atoms with van der Waals surface area (Å²) in [7, 11) is 0. The molecular formula is C23H23ClN4O2. The van der Waals surface area contributed by atoms with Crippen molar-refractivity contribution in [1.29, 1.82) is 0 Å². The standard InChI is InChI=1S/C23H23ClN4O2/c1-14-7-8-17(15(2)9-14)10-19-13-29-28-23(27-19)22-21(12-25-16(3)26-22)30-20-6-4-5-18(24)11-20/h4-9,11-12,19H,10,13H2,1-3H3,(H,27,28)/t19-/m1/s1. The number of halogens is 1. The van der Waals surface area contributed by atoms with E-state index in [9.17, 15) is 0 Å². The molecule has 0 fully saturated rings. The van der Waals surface area contributed by atoms with Crippen LogP contribution in [0.5, 0.6) is 11.5 Å². The Hall–Kier alpha value is -2.96. The number of aliphatic imine (C=N–C) groups is 1. The predicted molar refractivity (Wildman–Crippen MR) is 117 cm³/mol. The van der Waals surface area contributed by atoms with E-state index in [4.69, 9.17) is 26.2 Å². The number of nitrogens with one attached hydrogen (secondary N) is 1. The van der Waals surface area contributed by atoms with E-state index in [0.29, 0.717) is 40.5 Å². The maximum Gasteiger partial charge on any atom is 0.175 e. The van der Waals surface area contributed by atoms with Crippen molar-refractivity contribution in [3.63, 3.8) is 0 Å². The topological polar surface area (TPSA) is 68.6 Å². The van der Waals surface area contributed by atoms with Gasteiger partial charge in [-0.25, -0.2) is 15.4 Å². The van der Waals surface area contributed by atoms with Crippen LogP contribution in [0.25, 0.3) is 0 Å². The third kappa shape index (κ3) is 4.78. The van der Waals surface area contributed by atoms with Gasteiger partial charge in [-0.05, 0) is 56.5 Å². The van der Waals surface area contributed by atoms with Crippen LogP contribution in [0.3, 0.4) is 0 Å². The number of rotatable bonds is 5. The number of ether oxygens (including phenoxy) is 1. The lowest BCUT2D eigenvalue weighted by Crippen LogP contribution is -2.37. The average molecular weight is 423 g/mol. The van der Waals surface area contributed by atoms with Crippen LogP contribution < -0.4 is 10.2 Å². The first-order valence-electron chi connectivity index (χ1n) is 9.77. The molecule has 7 heteroatoms. The Bertz CT molecular complexity index is 1100. The second kappa shape index (κ2) is 8.81. The van der Waals surface area contributed by atoms with E-state index in [-0.39, 0.29) is 6.04 Å². The minimum Gasteiger partial charge on any atom is -0.453 e. The fraction of sp³-hybridized carbons (Fsp3) is 0.261. The summed E-state index contributed by atoms with van der Waals surface area (Å²) in [4.78, 5) is 19.3. The zero-order valence-electron chi connectivity index (χ0n) is 17.1. The molecule has 0 spiro atoms. The molecule has 6 nitrogen and oxygen atoms in total. The Morgan fingerprint density at radius 1 is 1.17 bits per heavy atom. The van der Waals surface area contributed by atoms with Crippen LogP contribution >= 0.6 is 11.6 Å². The van der Waals surface area contributed by atoms with E-state index < -0.39 is 0 Å².